The summed E-state index contributed by atoms with van der Waals surface area (Å²) in [6.07, 6.45) is 3.01. The van der Waals surface area contributed by atoms with E-state index in [0.29, 0.717) is 39.3 Å². The Balaban J connectivity index is 0.000000129. The van der Waals surface area contributed by atoms with Gasteiger partial charge in [0.15, 0.2) is 23.2 Å². The number of benzene rings is 6. The lowest BCUT2D eigenvalue weighted by Crippen LogP contribution is -2.31. The first-order valence-electron chi connectivity index (χ1n) is 36.9. The van der Waals surface area contributed by atoms with Gasteiger partial charge in [-0.1, -0.05) is 77.9 Å². The van der Waals surface area contributed by atoms with Crippen LogP contribution in [0.2, 0.25) is 20.1 Å². The van der Waals surface area contributed by atoms with Gasteiger partial charge in [0.25, 0.3) is 0 Å². The molecule has 10 heterocycles. The minimum Gasteiger partial charge on any atom is -0.494 e. The lowest BCUT2D eigenvalue weighted by atomic mass is 9.95. The maximum Gasteiger partial charge on any atom is 0.417 e. The van der Waals surface area contributed by atoms with E-state index in [9.17, 15) is 46.8 Å². The van der Waals surface area contributed by atoms with Gasteiger partial charge in [-0.05, 0) is 191 Å². The van der Waals surface area contributed by atoms with Gasteiger partial charge < -0.3 is 63.0 Å². The van der Waals surface area contributed by atoms with Crippen LogP contribution in [0.3, 0.4) is 0 Å². The molecule has 0 bridgehead atoms. The van der Waals surface area contributed by atoms with Crippen LogP contribution in [-0.2, 0) is 102 Å². The van der Waals surface area contributed by atoms with E-state index in [4.69, 9.17) is 51.1 Å². The maximum atomic E-state index is 14.0. The van der Waals surface area contributed by atoms with Crippen molar-refractivity contribution < 1.29 is 51.5 Å². The molecule has 0 aliphatic carbocycles. The van der Waals surface area contributed by atoms with E-state index in [1.807, 2.05) is 91.5 Å². The minimum atomic E-state index is -4.50. The van der Waals surface area contributed by atoms with Crippen molar-refractivity contribution in [2.45, 2.75) is 141 Å². The third-order valence-electron chi connectivity index (χ3n) is 21.8. The number of halogens is 10. The predicted molar refractivity (Wildman–Crippen MR) is 424 cm³/mol. The zero-order chi connectivity index (χ0) is 78.4. The van der Waals surface area contributed by atoms with E-state index >= 15 is 0 Å². The lowest BCUT2D eigenvalue weighted by molar-refractivity contribution is -0.138. The Labute approximate surface area is 656 Å². The fraction of sp³-hybridized carbons (Fsp3) is 0.365. The van der Waals surface area contributed by atoms with E-state index < -0.39 is 52.6 Å². The highest BCUT2D eigenvalue weighted by Crippen LogP contribution is 2.41. The third-order valence-corrected chi connectivity index (χ3v) is 22.7. The second-order valence-electron chi connectivity index (χ2n) is 30.1. The first-order chi connectivity index (χ1) is 52.4. The topological polar surface area (TPSA) is 149 Å². The predicted octanol–water partition coefficient (Wildman–Crippen LogP) is 17.6. The van der Waals surface area contributed by atoms with Crippen molar-refractivity contribution in [3.05, 3.63) is 262 Å². The summed E-state index contributed by atoms with van der Waals surface area (Å²) >= 11 is 24.9. The van der Waals surface area contributed by atoms with Gasteiger partial charge in [0.2, 0.25) is 0 Å². The molecule has 15 nitrogen and oxygen atoms in total. The molecule has 16 rings (SSSR count). The Morgan fingerprint density at radius 3 is 1.25 bits per heavy atom. The van der Waals surface area contributed by atoms with Gasteiger partial charge in [0, 0.05) is 200 Å². The molecule has 4 aliphatic rings. The summed E-state index contributed by atoms with van der Waals surface area (Å²) in [5.74, 6) is -2.18. The number of alkyl halides is 3. The number of hydrogen-bond donors (Lipinski definition) is 4. The Morgan fingerprint density at radius 2 is 0.864 bits per heavy atom. The fourth-order valence-electron chi connectivity index (χ4n) is 16.0. The molecule has 0 radical (unpaired) electrons. The number of pyridine rings is 2. The van der Waals surface area contributed by atoms with Crippen LogP contribution >= 0.6 is 46.4 Å². The molecule has 6 aromatic carbocycles. The standard InChI is InChI=1S/C23H28ClN3O.C21H21ClF2N2O.C21H22ClFN2O2.C20H19ClF3N3O/c1-4-5-18-8-6-16(13-25-18)23(2,28)15-27-21-9-7-17(24)12-19(21)20-14-26(3)11-10-22(20)27;1-21(27,13-3-5-17(23)18(24)9-13)12-26-19-6-4-14(22)10-15(19)16-11-25(2)8-7-20(16)26;1-24-8-7-19-16(11-24)15-10-14(22)4-5-18(15)25(19)12-20(26)13-3-6-21(27-2)17(23)9-13;1-26-5-4-18-16(10-26)15-7-14(21)2-3-17(15)27(18)11-19(28)12-6-13(9-25-8-12)20(22,23)24/h6-9,12-13,28H,4-5,10-11,14-15H2,1-3H3;3-6,9-10,27H,7-8,11-12H2,1-2H3;3-6,9-10,20,26H,7-8,11-12H2,1-2H3;2-3,6-9,19,28H,4-5,10-11H2,1H3. The SMILES string of the molecule is CCCc1ccc(C(C)(O)Cn2c3c(c4cc(Cl)ccc42)CN(C)CC3)cn1.CN1CCc2c(c3cc(Cl)ccc3n2CC(C)(O)c2ccc(F)c(F)c2)C1.CN1CCc2c(c3cc(Cl)ccc3n2CC(O)c2cncc(C(F)(F)F)c2)C1.COc1ccc(C(O)Cn2c3c(c4cc(Cl)ccc42)CN(C)CC3)cc1F. The lowest BCUT2D eigenvalue weighted by Gasteiger charge is -2.29. The highest BCUT2D eigenvalue weighted by molar-refractivity contribution is 6.32. The van der Waals surface area contributed by atoms with Crippen molar-refractivity contribution in [3.63, 3.8) is 0 Å². The van der Waals surface area contributed by atoms with Crippen LogP contribution < -0.4 is 4.74 Å². The number of rotatable bonds is 15. The van der Waals surface area contributed by atoms with E-state index in [1.54, 1.807) is 25.1 Å². The number of aryl methyl sites for hydroxylation is 1. The Bertz CT molecular complexity index is 5370. The van der Waals surface area contributed by atoms with Crippen LogP contribution in [0.4, 0.5) is 26.3 Å². The molecule has 6 aromatic heterocycles. The molecule has 0 fully saturated rings. The summed E-state index contributed by atoms with van der Waals surface area (Å²) < 4.78 is 93.4. The number of nitrogens with zero attached hydrogens (tertiary/aromatic N) is 10. The number of fused-ring (bicyclic) bond motifs is 12. The number of methoxy groups -OCH3 is 1. The van der Waals surface area contributed by atoms with Crippen molar-refractivity contribution in [1.82, 2.24) is 47.8 Å². The highest BCUT2D eigenvalue weighted by atomic mass is 35.5. The number of aromatic nitrogens is 6. The molecule has 4 unspecified atom stereocenters. The monoisotopic (exact) mass is 1580 g/mol. The molecule has 0 amide bonds. The number of aliphatic hydroxyl groups is 4. The fourth-order valence-corrected chi connectivity index (χ4v) is 16.7. The molecule has 4 atom stereocenters. The quantitative estimate of drug-likeness (QED) is 0.0727. The van der Waals surface area contributed by atoms with Crippen molar-refractivity contribution in [2.24, 2.45) is 0 Å². The number of ether oxygens (including phenoxy) is 1. The van der Waals surface area contributed by atoms with E-state index in [1.165, 1.54) is 58.9 Å². The van der Waals surface area contributed by atoms with Gasteiger partial charge in [0.05, 0.1) is 51.1 Å². The zero-order valence-electron chi connectivity index (χ0n) is 62.7. The smallest absolute Gasteiger partial charge is 0.417 e. The van der Waals surface area contributed by atoms with Crippen molar-refractivity contribution in [2.75, 3.05) is 61.5 Å². The first kappa shape index (κ1) is 80.1. The molecule has 4 aliphatic heterocycles. The number of likely N-dealkylation sites (N-methyl/N-ethyl adjacent to an activating group) is 4. The molecule has 0 saturated carbocycles. The van der Waals surface area contributed by atoms with Crippen LogP contribution in [0.15, 0.2) is 146 Å². The average molecular weight is 1590 g/mol. The summed E-state index contributed by atoms with van der Waals surface area (Å²) in [7, 11) is 9.80. The normalized spacial score (nSPS) is 16.5. The van der Waals surface area contributed by atoms with Crippen molar-refractivity contribution in [3.8, 4) is 5.75 Å². The highest BCUT2D eigenvalue weighted by Gasteiger charge is 2.35. The summed E-state index contributed by atoms with van der Waals surface area (Å²) in [5, 5.41) is 51.1. The summed E-state index contributed by atoms with van der Waals surface area (Å²) in [5.41, 5.74) is 13.6. The molecule has 12 aromatic rings. The van der Waals surface area contributed by atoms with Crippen LogP contribution in [0.5, 0.6) is 5.75 Å². The van der Waals surface area contributed by atoms with Gasteiger partial charge >= 0.3 is 6.18 Å². The second kappa shape index (κ2) is 33.0. The van der Waals surface area contributed by atoms with Crippen molar-refractivity contribution >= 4 is 90.0 Å². The van der Waals surface area contributed by atoms with E-state index in [0.717, 1.165) is 187 Å². The van der Waals surface area contributed by atoms with Crippen LogP contribution in [-0.4, -0.2) is 130 Å². The van der Waals surface area contributed by atoms with Crippen LogP contribution in [0.1, 0.15) is 118 Å². The second-order valence-corrected chi connectivity index (χ2v) is 31.8. The molecular formula is C85H90Cl4F6N10O5. The first-order valence-corrected chi connectivity index (χ1v) is 38.4. The maximum absolute atomic E-state index is 14.0. The Hall–Kier alpha value is -8.00. The van der Waals surface area contributed by atoms with Gasteiger partial charge in [-0.15, -0.1) is 0 Å². The summed E-state index contributed by atoms with van der Waals surface area (Å²) in [6, 6.07) is 36.4. The molecule has 4 N–H and O–H groups in total. The van der Waals surface area contributed by atoms with Gasteiger partial charge in [-0.3, -0.25) is 9.97 Å². The zero-order valence-corrected chi connectivity index (χ0v) is 65.7. The largest absolute Gasteiger partial charge is 0.494 e. The van der Waals surface area contributed by atoms with Crippen LogP contribution in [0.25, 0.3) is 43.6 Å². The number of aliphatic hydroxyl groups excluding tert-OH is 2. The van der Waals surface area contributed by atoms with Crippen molar-refractivity contribution in [1.29, 1.82) is 0 Å². The van der Waals surface area contributed by atoms with E-state index in [2.05, 4.69) is 83.5 Å². The minimum absolute atomic E-state index is 0.146. The molecular weight excluding hydrogens is 1500 g/mol. The molecule has 0 saturated heterocycles. The Morgan fingerprint density at radius 1 is 0.455 bits per heavy atom. The van der Waals surface area contributed by atoms with Gasteiger partial charge in [0.1, 0.15) is 11.2 Å². The van der Waals surface area contributed by atoms with Crippen LogP contribution in [0, 0.1) is 17.5 Å². The number of hydrogen-bond acceptors (Lipinski definition) is 11. The molecule has 580 valence electrons. The third kappa shape index (κ3) is 17.2. The molecule has 25 heteroatoms. The molecule has 110 heavy (non-hydrogen) atoms. The summed E-state index contributed by atoms with van der Waals surface area (Å²) in [4.78, 5) is 17.3. The van der Waals surface area contributed by atoms with E-state index in [-0.39, 0.29) is 24.4 Å². The van der Waals surface area contributed by atoms with Gasteiger partial charge in [-0.25, -0.2) is 13.2 Å². The van der Waals surface area contributed by atoms with Gasteiger partial charge in [-0.2, -0.15) is 13.2 Å². The Kier molecular flexibility index (Phi) is 24.0. The summed E-state index contributed by atoms with van der Waals surface area (Å²) in [6.45, 7) is 14.0. The molecule has 0 spiro atoms. The average Bonchev–Trinajstić information content (AvgIpc) is 1.62.